The zero-order valence-electron chi connectivity index (χ0n) is 8.08. The third-order valence-electron chi connectivity index (χ3n) is 2.76. The molecule has 1 atom stereocenters. The first-order valence-electron chi connectivity index (χ1n) is 4.98. The summed E-state index contributed by atoms with van der Waals surface area (Å²) in [7, 11) is 0. The molecule has 0 aromatic carbocycles. The fourth-order valence-corrected chi connectivity index (χ4v) is 2.35. The lowest BCUT2D eigenvalue weighted by molar-refractivity contribution is 0.229. The van der Waals surface area contributed by atoms with Crippen LogP contribution in [0.15, 0.2) is 21.2 Å². The molecule has 0 bridgehead atoms. The monoisotopic (exact) mass is 258 g/mol. The third-order valence-corrected chi connectivity index (χ3v) is 3.19. The summed E-state index contributed by atoms with van der Waals surface area (Å²) in [6.07, 6.45) is 2.47. The van der Waals surface area contributed by atoms with E-state index in [1.165, 1.54) is 12.8 Å². The van der Waals surface area contributed by atoms with Gasteiger partial charge in [-0.2, -0.15) is 0 Å². The van der Waals surface area contributed by atoms with E-state index in [4.69, 9.17) is 10.2 Å². The van der Waals surface area contributed by atoms with Gasteiger partial charge in [-0.1, -0.05) is 0 Å². The second-order valence-corrected chi connectivity index (χ2v) is 4.49. The van der Waals surface area contributed by atoms with Crippen LogP contribution in [0.25, 0.3) is 0 Å². The second kappa shape index (κ2) is 4.47. The van der Waals surface area contributed by atoms with Gasteiger partial charge in [-0.25, -0.2) is 0 Å². The quantitative estimate of drug-likeness (QED) is 0.902. The van der Waals surface area contributed by atoms with Crippen molar-refractivity contribution in [2.24, 2.45) is 5.73 Å². The van der Waals surface area contributed by atoms with Crippen LogP contribution in [0, 0.1) is 0 Å². The SMILES string of the molecule is NCC1CCCN1Cc1ccc(Br)o1. The third kappa shape index (κ3) is 2.19. The molecule has 1 fully saturated rings. The maximum Gasteiger partial charge on any atom is 0.169 e. The first-order valence-corrected chi connectivity index (χ1v) is 5.77. The normalized spacial score (nSPS) is 23.1. The summed E-state index contributed by atoms with van der Waals surface area (Å²) in [5, 5.41) is 0. The van der Waals surface area contributed by atoms with Crippen LogP contribution in [-0.4, -0.2) is 24.0 Å². The van der Waals surface area contributed by atoms with Gasteiger partial charge >= 0.3 is 0 Å². The van der Waals surface area contributed by atoms with E-state index in [1.807, 2.05) is 12.1 Å². The highest BCUT2D eigenvalue weighted by Crippen LogP contribution is 2.21. The Labute approximate surface area is 92.4 Å². The molecule has 4 heteroatoms. The van der Waals surface area contributed by atoms with Crippen molar-refractivity contribution in [3.63, 3.8) is 0 Å². The maximum absolute atomic E-state index is 5.70. The number of furan rings is 1. The van der Waals surface area contributed by atoms with Gasteiger partial charge in [0.05, 0.1) is 6.54 Å². The Morgan fingerprint density at radius 1 is 1.57 bits per heavy atom. The van der Waals surface area contributed by atoms with Gasteiger partial charge in [-0.3, -0.25) is 4.90 Å². The van der Waals surface area contributed by atoms with Crippen molar-refractivity contribution < 1.29 is 4.42 Å². The van der Waals surface area contributed by atoms with Crippen LogP contribution in [0.2, 0.25) is 0 Å². The maximum atomic E-state index is 5.70. The highest BCUT2D eigenvalue weighted by Gasteiger charge is 2.23. The lowest BCUT2D eigenvalue weighted by Crippen LogP contribution is -2.34. The van der Waals surface area contributed by atoms with Gasteiger partial charge in [0, 0.05) is 12.6 Å². The minimum atomic E-state index is 0.541. The number of hydrogen-bond donors (Lipinski definition) is 1. The summed E-state index contributed by atoms with van der Waals surface area (Å²) in [5.41, 5.74) is 5.70. The Hall–Kier alpha value is -0.320. The summed E-state index contributed by atoms with van der Waals surface area (Å²) in [4.78, 5) is 2.39. The fraction of sp³-hybridized carbons (Fsp3) is 0.600. The molecule has 0 saturated carbocycles. The molecule has 2 rings (SSSR count). The second-order valence-electron chi connectivity index (χ2n) is 3.71. The van der Waals surface area contributed by atoms with E-state index >= 15 is 0 Å². The molecule has 1 saturated heterocycles. The van der Waals surface area contributed by atoms with Gasteiger partial charge in [0.2, 0.25) is 0 Å². The number of rotatable bonds is 3. The topological polar surface area (TPSA) is 42.4 Å². The zero-order chi connectivity index (χ0) is 9.97. The van der Waals surface area contributed by atoms with E-state index in [2.05, 4.69) is 20.8 Å². The number of likely N-dealkylation sites (tertiary alicyclic amines) is 1. The highest BCUT2D eigenvalue weighted by molar-refractivity contribution is 9.10. The summed E-state index contributed by atoms with van der Waals surface area (Å²) in [6, 6.07) is 4.48. The molecule has 1 aromatic heterocycles. The number of nitrogens with two attached hydrogens (primary N) is 1. The highest BCUT2D eigenvalue weighted by atomic mass is 79.9. The Balaban J connectivity index is 1.96. The molecular weight excluding hydrogens is 244 g/mol. The largest absolute Gasteiger partial charge is 0.453 e. The lowest BCUT2D eigenvalue weighted by Gasteiger charge is -2.21. The van der Waals surface area contributed by atoms with Crippen LogP contribution in [0.4, 0.5) is 0 Å². The van der Waals surface area contributed by atoms with Gasteiger partial charge in [-0.15, -0.1) is 0 Å². The van der Waals surface area contributed by atoms with E-state index < -0.39 is 0 Å². The summed E-state index contributed by atoms with van der Waals surface area (Å²) < 4.78 is 6.27. The van der Waals surface area contributed by atoms with Crippen molar-refractivity contribution in [1.29, 1.82) is 0 Å². The van der Waals surface area contributed by atoms with Crippen LogP contribution in [0.1, 0.15) is 18.6 Å². The van der Waals surface area contributed by atoms with E-state index in [0.29, 0.717) is 6.04 Å². The lowest BCUT2D eigenvalue weighted by atomic mass is 10.2. The van der Waals surface area contributed by atoms with Crippen LogP contribution >= 0.6 is 15.9 Å². The van der Waals surface area contributed by atoms with Gasteiger partial charge in [0.25, 0.3) is 0 Å². The van der Waals surface area contributed by atoms with Gasteiger partial charge in [-0.05, 0) is 47.4 Å². The van der Waals surface area contributed by atoms with Crippen LogP contribution in [-0.2, 0) is 6.54 Å². The molecule has 2 N–H and O–H groups in total. The van der Waals surface area contributed by atoms with Crippen molar-refractivity contribution >= 4 is 15.9 Å². The molecule has 1 aliphatic rings. The van der Waals surface area contributed by atoms with Crippen LogP contribution in [0.5, 0.6) is 0 Å². The minimum absolute atomic E-state index is 0.541. The summed E-state index contributed by atoms with van der Waals surface area (Å²) in [5.74, 6) is 1.01. The summed E-state index contributed by atoms with van der Waals surface area (Å²) >= 11 is 3.30. The Kier molecular flexibility index (Phi) is 3.26. The molecule has 0 amide bonds. The zero-order valence-corrected chi connectivity index (χ0v) is 9.66. The Bertz CT molecular complexity index is 300. The minimum Gasteiger partial charge on any atom is -0.453 e. The molecule has 0 aliphatic carbocycles. The molecule has 1 unspecified atom stereocenters. The first kappa shape index (κ1) is 10.2. The van der Waals surface area contributed by atoms with E-state index in [1.54, 1.807) is 0 Å². The molecular formula is C10H15BrN2O. The van der Waals surface area contributed by atoms with E-state index in [9.17, 15) is 0 Å². The molecule has 1 aliphatic heterocycles. The Morgan fingerprint density at radius 3 is 3.07 bits per heavy atom. The number of hydrogen-bond acceptors (Lipinski definition) is 3. The van der Waals surface area contributed by atoms with Crippen molar-refractivity contribution in [3.05, 3.63) is 22.6 Å². The molecule has 0 radical (unpaired) electrons. The van der Waals surface area contributed by atoms with Crippen LogP contribution < -0.4 is 5.73 Å². The molecule has 3 nitrogen and oxygen atoms in total. The fourth-order valence-electron chi connectivity index (χ4n) is 2.01. The molecule has 78 valence electrons. The molecule has 1 aromatic rings. The predicted octanol–water partition coefficient (Wildman–Crippen LogP) is 1.97. The van der Waals surface area contributed by atoms with Crippen molar-refractivity contribution in [3.8, 4) is 0 Å². The van der Waals surface area contributed by atoms with Crippen LogP contribution in [0.3, 0.4) is 0 Å². The van der Waals surface area contributed by atoms with Gasteiger partial charge < -0.3 is 10.2 Å². The Morgan fingerprint density at radius 2 is 2.43 bits per heavy atom. The smallest absolute Gasteiger partial charge is 0.169 e. The van der Waals surface area contributed by atoms with E-state index in [0.717, 1.165) is 30.1 Å². The van der Waals surface area contributed by atoms with Gasteiger partial charge in [0.15, 0.2) is 4.67 Å². The molecule has 2 heterocycles. The summed E-state index contributed by atoms with van der Waals surface area (Å²) in [6.45, 7) is 2.77. The molecule has 14 heavy (non-hydrogen) atoms. The molecule has 0 spiro atoms. The standard InChI is InChI=1S/C10H15BrN2O/c11-10-4-3-9(14-10)7-13-5-1-2-8(13)6-12/h3-4,8H,1-2,5-7,12H2. The first-order chi connectivity index (χ1) is 6.79. The average molecular weight is 259 g/mol. The number of nitrogens with zero attached hydrogens (tertiary/aromatic N) is 1. The van der Waals surface area contributed by atoms with E-state index in [-0.39, 0.29) is 0 Å². The number of halogens is 1. The van der Waals surface area contributed by atoms with Crippen molar-refractivity contribution in [2.75, 3.05) is 13.1 Å². The van der Waals surface area contributed by atoms with Gasteiger partial charge in [0.1, 0.15) is 5.76 Å². The predicted molar refractivity (Wildman–Crippen MR) is 58.9 cm³/mol. The van der Waals surface area contributed by atoms with Crippen molar-refractivity contribution in [2.45, 2.75) is 25.4 Å². The van der Waals surface area contributed by atoms with Crippen molar-refractivity contribution in [1.82, 2.24) is 4.90 Å². The average Bonchev–Trinajstić information content (AvgIpc) is 2.76.